The van der Waals surface area contributed by atoms with Crippen molar-refractivity contribution >= 4 is 0 Å². The van der Waals surface area contributed by atoms with Crippen LogP contribution in [0.25, 0.3) is 0 Å². The Morgan fingerprint density at radius 2 is 1.31 bits per heavy atom. The highest BCUT2D eigenvalue weighted by molar-refractivity contribution is 4.84. The summed E-state index contributed by atoms with van der Waals surface area (Å²) in [6.45, 7) is 9.27. The van der Waals surface area contributed by atoms with Crippen LogP contribution in [0.4, 0.5) is 0 Å². The molecule has 2 atom stereocenters. The van der Waals surface area contributed by atoms with Crippen molar-refractivity contribution in [3.05, 3.63) is 0 Å². The predicted molar refractivity (Wildman–Crippen MR) is 58.9 cm³/mol. The Hall–Kier alpha value is -0.0400. The van der Waals surface area contributed by atoms with Gasteiger partial charge in [-0.25, -0.2) is 0 Å². The monoisotopic (exact) mass is 183 g/mol. The lowest BCUT2D eigenvalue weighted by Gasteiger charge is -2.17. The minimum atomic E-state index is 0.809. The molecule has 0 saturated carbocycles. The van der Waals surface area contributed by atoms with Crippen LogP contribution in [0.15, 0.2) is 0 Å². The van der Waals surface area contributed by atoms with Crippen LogP contribution in [-0.2, 0) is 0 Å². The van der Waals surface area contributed by atoms with Crippen LogP contribution in [0.1, 0.15) is 53.4 Å². The zero-order chi connectivity index (χ0) is 9.84. The number of nitrogens with one attached hydrogen (secondary N) is 1. The van der Waals surface area contributed by atoms with Crippen molar-refractivity contribution in [1.29, 1.82) is 0 Å². The fourth-order valence-electron chi connectivity index (χ4n) is 2.41. The molecule has 0 amide bonds. The van der Waals surface area contributed by atoms with E-state index in [0.29, 0.717) is 0 Å². The molecule has 1 N–H and O–H groups in total. The molecule has 1 heteroatoms. The highest BCUT2D eigenvalue weighted by Gasteiger charge is 2.24. The zero-order valence-corrected chi connectivity index (χ0v) is 9.64. The lowest BCUT2D eigenvalue weighted by Crippen LogP contribution is -2.31. The molecule has 1 aliphatic rings. The Kier molecular flexibility index (Phi) is 4.24. The molecule has 0 spiro atoms. The molecule has 2 unspecified atom stereocenters. The van der Waals surface area contributed by atoms with E-state index in [1.807, 2.05) is 0 Å². The Morgan fingerprint density at radius 3 is 1.62 bits per heavy atom. The van der Waals surface area contributed by atoms with Crippen molar-refractivity contribution < 1.29 is 0 Å². The van der Waals surface area contributed by atoms with Gasteiger partial charge in [0.1, 0.15) is 0 Å². The van der Waals surface area contributed by atoms with Crippen LogP contribution >= 0.6 is 0 Å². The Balaban J connectivity index is 2.20. The Bertz CT molecular complexity index is 124. The van der Waals surface area contributed by atoms with E-state index in [1.165, 1.54) is 25.7 Å². The van der Waals surface area contributed by atoms with Gasteiger partial charge in [0.2, 0.25) is 0 Å². The summed E-state index contributed by atoms with van der Waals surface area (Å²) < 4.78 is 0. The fourth-order valence-corrected chi connectivity index (χ4v) is 2.41. The molecule has 1 nitrogen and oxygen atoms in total. The summed E-state index contributed by atoms with van der Waals surface area (Å²) in [4.78, 5) is 0. The standard InChI is InChI=1S/C12H25N/c1-9(2)7-11-5-6-12(13-11)8-10(3)4/h9-13H,5-8H2,1-4H3. The normalized spacial score (nSPS) is 29.1. The first-order chi connectivity index (χ1) is 6.08. The average molecular weight is 183 g/mol. The van der Waals surface area contributed by atoms with Crippen molar-refractivity contribution in [2.45, 2.75) is 65.5 Å². The smallest absolute Gasteiger partial charge is 0.00726 e. The van der Waals surface area contributed by atoms with Crippen LogP contribution < -0.4 is 5.32 Å². The molecule has 78 valence electrons. The second-order valence-electron chi connectivity index (χ2n) is 5.40. The maximum atomic E-state index is 3.75. The number of rotatable bonds is 4. The molecule has 1 saturated heterocycles. The number of hydrogen-bond acceptors (Lipinski definition) is 1. The van der Waals surface area contributed by atoms with E-state index in [-0.39, 0.29) is 0 Å². The van der Waals surface area contributed by atoms with E-state index in [1.54, 1.807) is 0 Å². The van der Waals surface area contributed by atoms with Gasteiger partial charge in [0, 0.05) is 12.1 Å². The van der Waals surface area contributed by atoms with Crippen molar-refractivity contribution in [2.24, 2.45) is 11.8 Å². The van der Waals surface area contributed by atoms with Gasteiger partial charge in [-0.05, 0) is 37.5 Å². The minimum absolute atomic E-state index is 0.809. The zero-order valence-electron chi connectivity index (χ0n) is 9.64. The summed E-state index contributed by atoms with van der Waals surface area (Å²) in [5, 5.41) is 3.75. The molecule has 0 bridgehead atoms. The topological polar surface area (TPSA) is 12.0 Å². The van der Waals surface area contributed by atoms with Crippen molar-refractivity contribution in [3.63, 3.8) is 0 Å². The average Bonchev–Trinajstić information content (AvgIpc) is 2.33. The fraction of sp³-hybridized carbons (Fsp3) is 1.00. The van der Waals surface area contributed by atoms with Crippen LogP contribution in [0.5, 0.6) is 0 Å². The SMILES string of the molecule is CC(C)CC1CCC(CC(C)C)N1. The first-order valence-electron chi connectivity index (χ1n) is 5.84. The van der Waals surface area contributed by atoms with Gasteiger partial charge in [0.15, 0.2) is 0 Å². The maximum Gasteiger partial charge on any atom is 0.00726 e. The summed E-state index contributed by atoms with van der Waals surface area (Å²) in [5.41, 5.74) is 0. The van der Waals surface area contributed by atoms with Crippen LogP contribution in [0, 0.1) is 11.8 Å². The van der Waals surface area contributed by atoms with Gasteiger partial charge in [0.25, 0.3) is 0 Å². The van der Waals surface area contributed by atoms with E-state index in [4.69, 9.17) is 0 Å². The van der Waals surface area contributed by atoms with Crippen LogP contribution in [0.2, 0.25) is 0 Å². The molecule has 0 aromatic carbocycles. The summed E-state index contributed by atoms with van der Waals surface area (Å²) in [6.07, 6.45) is 5.51. The van der Waals surface area contributed by atoms with Crippen molar-refractivity contribution in [2.75, 3.05) is 0 Å². The summed E-state index contributed by atoms with van der Waals surface area (Å²) in [5.74, 6) is 1.69. The van der Waals surface area contributed by atoms with Gasteiger partial charge in [0.05, 0.1) is 0 Å². The Labute approximate surface area is 83.3 Å². The highest BCUT2D eigenvalue weighted by atomic mass is 15.0. The molecule has 1 rings (SSSR count). The minimum Gasteiger partial charge on any atom is -0.311 e. The van der Waals surface area contributed by atoms with Gasteiger partial charge in [-0.3, -0.25) is 0 Å². The third-order valence-corrected chi connectivity index (χ3v) is 2.85. The van der Waals surface area contributed by atoms with Gasteiger partial charge in [-0.15, -0.1) is 0 Å². The molecule has 0 aromatic rings. The molecule has 13 heavy (non-hydrogen) atoms. The van der Waals surface area contributed by atoms with Crippen molar-refractivity contribution in [1.82, 2.24) is 5.32 Å². The molecule has 0 aliphatic carbocycles. The Morgan fingerprint density at radius 1 is 0.923 bits per heavy atom. The third-order valence-electron chi connectivity index (χ3n) is 2.85. The van der Waals surface area contributed by atoms with Crippen LogP contribution in [-0.4, -0.2) is 12.1 Å². The lowest BCUT2D eigenvalue weighted by molar-refractivity contribution is 0.411. The molecule has 1 aliphatic heterocycles. The first-order valence-corrected chi connectivity index (χ1v) is 5.84. The predicted octanol–water partition coefficient (Wildman–Crippen LogP) is 3.20. The van der Waals surface area contributed by atoms with Crippen LogP contribution in [0.3, 0.4) is 0 Å². The van der Waals surface area contributed by atoms with E-state index >= 15 is 0 Å². The van der Waals surface area contributed by atoms with Crippen molar-refractivity contribution in [3.8, 4) is 0 Å². The quantitative estimate of drug-likeness (QED) is 0.706. The second kappa shape index (κ2) is 4.99. The lowest BCUT2D eigenvalue weighted by atomic mass is 10.0. The first kappa shape index (κ1) is 11.0. The van der Waals surface area contributed by atoms with Gasteiger partial charge in [-0.2, -0.15) is 0 Å². The van der Waals surface area contributed by atoms with Gasteiger partial charge < -0.3 is 5.32 Å². The van der Waals surface area contributed by atoms with Gasteiger partial charge >= 0.3 is 0 Å². The van der Waals surface area contributed by atoms with E-state index < -0.39 is 0 Å². The molecule has 1 fully saturated rings. The summed E-state index contributed by atoms with van der Waals surface area (Å²) in [7, 11) is 0. The second-order valence-corrected chi connectivity index (χ2v) is 5.40. The van der Waals surface area contributed by atoms with Gasteiger partial charge in [-0.1, -0.05) is 27.7 Å². The molecular weight excluding hydrogens is 158 g/mol. The van der Waals surface area contributed by atoms with E-state index in [2.05, 4.69) is 33.0 Å². The maximum absolute atomic E-state index is 3.75. The third kappa shape index (κ3) is 4.12. The molecular formula is C12H25N. The molecule has 0 aromatic heterocycles. The van der Waals surface area contributed by atoms with E-state index in [9.17, 15) is 0 Å². The number of hydrogen-bond donors (Lipinski definition) is 1. The summed E-state index contributed by atoms with van der Waals surface area (Å²) >= 11 is 0. The highest BCUT2D eigenvalue weighted by Crippen LogP contribution is 2.22. The molecule has 1 heterocycles. The largest absolute Gasteiger partial charge is 0.311 e. The summed E-state index contributed by atoms with van der Waals surface area (Å²) in [6, 6.07) is 1.62. The molecule has 0 radical (unpaired) electrons. The van der Waals surface area contributed by atoms with E-state index in [0.717, 1.165) is 23.9 Å².